The van der Waals surface area contributed by atoms with Gasteiger partial charge in [-0.25, -0.2) is 0 Å². The largest absolute Gasteiger partial charge is 0.497 e. The minimum atomic E-state index is -0.190. The monoisotopic (exact) mass is 445 g/mol. The smallest absolute Gasteiger partial charge is 0.254 e. The van der Waals surface area contributed by atoms with Crippen molar-refractivity contribution in [1.82, 2.24) is 15.0 Å². The number of benzene rings is 1. The number of hydrogen-bond donors (Lipinski definition) is 0. The van der Waals surface area contributed by atoms with Gasteiger partial charge in [0.1, 0.15) is 18.1 Å². The fourth-order valence-corrected chi connectivity index (χ4v) is 4.70. The summed E-state index contributed by atoms with van der Waals surface area (Å²) in [5.41, 5.74) is 0.383. The van der Waals surface area contributed by atoms with E-state index in [-0.39, 0.29) is 11.5 Å². The highest BCUT2D eigenvalue weighted by Crippen LogP contribution is 2.39. The van der Waals surface area contributed by atoms with Gasteiger partial charge in [-0.2, -0.15) is 4.98 Å². The predicted octanol–water partition coefficient (Wildman–Crippen LogP) is 2.88. The molecular weight excluding hydrogens is 414 g/mol. The van der Waals surface area contributed by atoms with E-state index in [1.807, 2.05) is 4.90 Å². The summed E-state index contributed by atoms with van der Waals surface area (Å²) in [6.45, 7) is 2.36. The molecule has 2 fully saturated rings. The fourth-order valence-electron chi connectivity index (χ4n) is 4.70. The van der Waals surface area contributed by atoms with Crippen LogP contribution in [0.3, 0.4) is 0 Å². The quantitative estimate of drug-likeness (QED) is 0.642. The molecule has 2 aliphatic rings. The van der Waals surface area contributed by atoms with Crippen molar-refractivity contribution >= 4 is 5.91 Å². The molecule has 0 aliphatic carbocycles. The minimum Gasteiger partial charge on any atom is -0.497 e. The number of aromatic nitrogens is 2. The molecule has 3 heterocycles. The van der Waals surface area contributed by atoms with Gasteiger partial charge in [0.2, 0.25) is 0 Å². The summed E-state index contributed by atoms with van der Waals surface area (Å²) in [4.78, 5) is 19.4. The van der Waals surface area contributed by atoms with Gasteiger partial charge in [0, 0.05) is 44.9 Å². The Hall–Kier alpha value is -2.65. The summed E-state index contributed by atoms with van der Waals surface area (Å²) in [5, 5.41) is 4.08. The summed E-state index contributed by atoms with van der Waals surface area (Å²) in [5.74, 6) is 2.86. The molecule has 2 saturated heterocycles. The van der Waals surface area contributed by atoms with Gasteiger partial charge in [0.25, 0.3) is 11.8 Å². The Labute approximate surface area is 188 Å². The van der Waals surface area contributed by atoms with E-state index in [0.29, 0.717) is 55.2 Å². The molecule has 1 aromatic carbocycles. The Morgan fingerprint density at radius 3 is 2.53 bits per heavy atom. The third-order valence-corrected chi connectivity index (χ3v) is 6.40. The van der Waals surface area contributed by atoms with Gasteiger partial charge in [-0.05, 0) is 43.7 Å². The van der Waals surface area contributed by atoms with Crippen LogP contribution in [0, 0.1) is 5.92 Å². The molecule has 9 nitrogen and oxygen atoms in total. The first kappa shape index (κ1) is 22.5. The summed E-state index contributed by atoms with van der Waals surface area (Å²) >= 11 is 0. The Balaban J connectivity index is 1.36. The molecule has 2 aromatic rings. The number of methoxy groups -OCH3 is 3. The van der Waals surface area contributed by atoms with Crippen LogP contribution in [0.5, 0.6) is 11.5 Å². The molecule has 32 heavy (non-hydrogen) atoms. The second-order valence-electron chi connectivity index (χ2n) is 8.53. The maximum Gasteiger partial charge on any atom is 0.254 e. The van der Waals surface area contributed by atoms with Crippen molar-refractivity contribution < 1.29 is 28.3 Å². The van der Waals surface area contributed by atoms with Crippen molar-refractivity contribution in [2.45, 2.75) is 44.3 Å². The number of nitrogens with zero attached hydrogens (tertiary/aromatic N) is 3. The first-order valence-corrected chi connectivity index (χ1v) is 11.0. The first-order chi connectivity index (χ1) is 15.5. The molecule has 1 atom stereocenters. The van der Waals surface area contributed by atoms with Gasteiger partial charge >= 0.3 is 0 Å². The Kier molecular flexibility index (Phi) is 6.95. The molecule has 0 bridgehead atoms. The third kappa shape index (κ3) is 5.05. The molecule has 0 radical (unpaired) electrons. The maximum atomic E-state index is 13.1. The van der Waals surface area contributed by atoms with E-state index in [1.54, 1.807) is 39.5 Å². The minimum absolute atomic E-state index is 0.0121. The number of amides is 1. The molecule has 1 unspecified atom stereocenters. The first-order valence-electron chi connectivity index (χ1n) is 11.0. The van der Waals surface area contributed by atoms with Crippen molar-refractivity contribution in [3.05, 3.63) is 35.5 Å². The highest BCUT2D eigenvalue weighted by Gasteiger charge is 2.41. The number of piperidine rings is 1. The van der Waals surface area contributed by atoms with Crippen LogP contribution in [0.1, 0.15) is 47.8 Å². The van der Waals surface area contributed by atoms with Crippen molar-refractivity contribution in [3.8, 4) is 11.5 Å². The van der Waals surface area contributed by atoms with Crippen molar-refractivity contribution in [2.24, 2.45) is 5.92 Å². The van der Waals surface area contributed by atoms with Gasteiger partial charge in [0.15, 0.2) is 5.82 Å². The lowest BCUT2D eigenvalue weighted by atomic mass is 9.78. The lowest BCUT2D eigenvalue weighted by Crippen LogP contribution is -2.51. The normalized spacial score (nSPS) is 20.3. The second-order valence-corrected chi connectivity index (χ2v) is 8.53. The zero-order valence-electron chi connectivity index (χ0n) is 19.0. The molecule has 9 heteroatoms. The molecule has 174 valence electrons. The zero-order valence-corrected chi connectivity index (χ0v) is 19.0. The Morgan fingerprint density at radius 2 is 1.88 bits per heavy atom. The van der Waals surface area contributed by atoms with Crippen LogP contribution < -0.4 is 9.47 Å². The Morgan fingerprint density at radius 1 is 1.16 bits per heavy atom. The number of likely N-dealkylation sites (tertiary alicyclic amines) is 1. The van der Waals surface area contributed by atoms with E-state index in [2.05, 4.69) is 10.1 Å². The zero-order chi connectivity index (χ0) is 22.6. The number of ether oxygens (including phenoxy) is 4. The van der Waals surface area contributed by atoms with E-state index in [4.69, 9.17) is 23.5 Å². The fraction of sp³-hybridized carbons (Fsp3) is 0.609. The van der Waals surface area contributed by atoms with Crippen molar-refractivity contribution in [3.63, 3.8) is 0 Å². The Bertz CT molecular complexity index is 900. The van der Waals surface area contributed by atoms with Crippen LogP contribution >= 0.6 is 0 Å². The molecule has 1 spiro atoms. The molecular formula is C23H31N3O6. The number of rotatable bonds is 7. The number of carbonyl (C=O) groups is 1. The van der Waals surface area contributed by atoms with Crippen molar-refractivity contribution in [2.75, 3.05) is 41.0 Å². The summed E-state index contributed by atoms with van der Waals surface area (Å²) in [7, 11) is 4.77. The van der Waals surface area contributed by atoms with E-state index in [1.165, 1.54) is 0 Å². The van der Waals surface area contributed by atoms with Crippen LogP contribution in [0.4, 0.5) is 0 Å². The molecule has 0 saturated carbocycles. The van der Waals surface area contributed by atoms with Crippen molar-refractivity contribution in [1.29, 1.82) is 0 Å². The maximum absolute atomic E-state index is 13.1. The lowest BCUT2D eigenvalue weighted by molar-refractivity contribution is -0.123. The molecule has 2 aliphatic heterocycles. The van der Waals surface area contributed by atoms with E-state index < -0.39 is 0 Å². The van der Waals surface area contributed by atoms with Crippen LogP contribution in [-0.4, -0.2) is 67.6 Å². The third-order valence-electron chi connectivity index (χ3n) is 6.40. The van der Waals surface area contributed by atoms with E-state index >= 15 is 0 Å². The molecule has 1 aromatic heterocycles. The van der Waals surface area contributed by atoms with E-state index in [0.717, 1.165) is 37.9 Å². The van der Waals surface area contributed by atoms with Crippen LogP contribution in [0.2, 0.25) is 0 Å². The van der Waals surface area contributed by atoms with Gasteiger partial charge in [-0.1, -0.05) is 5.16 Å². The summed E-state index contributed by atoms with van der Waals surface area (Å²) < 4.78 is 27.1. The van der Waals surface area contributed by atoms with Gasteiger partial charge in [0.05, 0.1) is 19.8 Å². The van der Waals surface area contributed by atoms with Gasteiger partial charge < -0.3 is 28.4 Å². The highest BCUT2D eigenvalue weighted by atomic mass is 16.5. The molecule has 0 N–H and O–H groups in total. The van der Waals surface area contributed by atoms with Crippen LogP contribution in [0.15, 0.2) is 22.7 Å². The number of carbonyl (C=O) groups excluding carboxylic acids is 1. The summed E-state index contributed by atoms with van der Waals surface area (Å²) in [6, 6.07) is 5.27. The second kappa shape index (κ2) is 9.87. The topological polar surface area (TPSA) is 96.2 Å². The predicted molar refractivity (Wildman–Crippen MR) is 115 cm³/mol. The van der Waals surface area contributed by atoms with Gasteiger partial charge in [-0.15, -0.1) is 0 Å². The number of hydrogen-bond acceptors (Lipinski definition) is 8. The van der Waals surface area contributed by atoms with Gasteiger partial charge in [-0.3, -0.25) is 4.79 Å². The SMILES string of the molecule is COCc1nc(CC2CCOC3(CCN(C(=O)c4cc(OC)cc(OC)c4)CC3)C2)no1. The lowest BCUT2D eigenvalue weighted by Gasteiger charge is -2.46. The standard InChI is InChI=1S/C23H31N3O6/c1-28-15-21-24-20(25-32-21)10-16-4-9-31-23(14-16)5-7-26(8-6-23)22(27)17-11-18(29-2)13-19(12-17)30-3/h11-13,16H,4-10,14-15H2,1-3H3. The average Bonchev–Trinajstić information content (AvgIpc) is 3.25. The highest BCUT2D eigenvalue weighted by molar-refractivity contribution is 5.95. The summed E-state index contributed by atoms with van der Waals surface area (Å²) in [6.07, 6.45) is 4.32. The molecule has 1 amide bonds. The van der Waals surface area contributed by atoms with Crippen LogP contribution in [0.25, 0.3) is 0 Å². The van der Waals surface area contributed by atoms with E-state index in [9.17, 15) is 4.79 Å². The average molecular weight is 446 g/mol. The molecule has 4 rings (SSSR count). The van der Waals surface area contributed by atoms with Crippen LogP contribution in [-0.2, 0) is 22.5 Å².